The van der Waals surface area contributed by atoms with Gasteiger partial charge in [0.15, 0.2) is 0 Å². The number of ether oxygens (including phenoxy) is 1. The number of carbonyl (C=O) groups excluding carboxylic acids is 2. The zero-order valence-corrected chi connectivity index (χ0v) is 55.8. The molecule has 2 atom stereocenters. The first-order valence-corrected chi connectivity index (χ1v) is 37.6. The van der Waals surface area contributed by atoms with Crippen LogP contribution in [0.2, 0.25) is 0 Å². The summed E-state index contributed by atoms with van der Waals surface area (Å²) >= 11 is 0. The maximum Gasteiger partial charge on any atom is 0.305 e. The first kappa shape index (κ1) is 80.3. The van der Waals surface area contributed by atoms with Gasteiger partial charge in [-0.05, 0) is 51.4 Å². The van der Waals surface area contributed by atoms with E-state index in [1.165, 1.54) is 353 Å². The van der Waals surface area contributed by atoms with E-state index in [1.807, 2.05) is 6.08 Å². The van der Waals surface area contributed by atoms with Crippen LogP contribution >= 0.6 is 0 Å². The molecule has 82 heavy (non-hydrogen) atoms. The summed E-state index contributed by atoms with van der Waals surface area (Å²) in [6.07, 6.45) is 91.4. The van der Waals surface area contributed by atoms with E-state index in [4.69, 9.17) is 4.74 Å². The van der Waals surface area contributed by atoms with Crippen LogP contribution in [-0.2, 0) is 14.3 Å². The number of rotatable bonds is 71. The van der Waals surface area contributed by atoms with Gasteiger partial charge in [0.1, 0.15) is 0 Å². The van der Waals surface area contributed by atoms with Crippen LogP contribution in [0, 0.1) is 0 Å². The number of hydrogen-bond donors (Lipinski definition) is 3. The third-order valence-electron chi connectivity index (χ3n) is 17.7. The molecule has 0 aromatic carbocycles. The molecule has 0 aliphatic carbocycles. The number of allylic oxidation sites excluding steroid dienone is 3. The molecular weight excluding hydrogens is 1010 g/mol. The molecular formula is C76H147NO5. The minimum absolute atomic E-state index is 0.00994. The van der Waals surface area contributed by atoms with Gasteiger partial charge < -0.3 is 20.3 Å². The molecule has 0 aromatic heterocycles. The number of aliphatic hydroxyl groups excluding tert-OH is 2. The van der Waals surface area contributed by atoms with Gasteiger partial charge in [-0.3, -0.25) is 9.59 Å². The van der Waals surface area contributed by atoms with Crippen molar-refractivity contribution in [3.63, 3.8) is 0 Å². The molecule has 6 heteroatoms. The monoisotopic (exact) mass is 1150 g/mol. The van der Waals surface area contributed by atoms with E-state index in [9.17, 15) is 19.8 Å². The molecule has 0 bridgehead atoms. The van der Waals surface area contributed by atoms with Crippen LogP contribution in [0.1, 0.15) is 425 Å². The molecule has 0 rings (SSSR count). The summed E-state index contributed by atoms with van der Waals surface area (Å²) < 4.78 is 5.47. The lowest BCUT2D eigenvalue weighted by Crippen LogP contribution is -2.45. The van der Waals surface area contributed by atoms with Gasteiger partial charge in [0.25, 0.3) is 0 Å². The Balaban J connectivity index is 3.36. The average molecular weight is 1160 g/mol. The summed E-state index contributed by atoms with van der Waals surface area (Å²) in [5.74, 6) is -0.0489. The van der Waals surface area contributed by atoms with Gasteiger partial charge in [-0.15, -0.1) is 0 Å². The first-order valence-electron chi connectivity index (χ1n) is 37.6. The lowest BCUT2D eigenvalue weighted by Gasteiger charge is -2.20. The van der Waals surface area contributed by atoms with Gasteiger partial charge in [-0.2, -0.15) is 0 Å². The zero-order chi connectivity index (χ0) is 59.2. The Bertz CT molecular complexity index is 1280. The summed E-state index contributed by atoms with van der Waals surface area (Å²) in [5, 5.41) is 23.3. The third-order valence-corrected chi connectivity index (χ3v) is 17.7. The Kier molecular flexibility index (Phi) is 70.4. The van der Waals surface area contributed by atoms with E-state index in [2.05, 4.69) is 31.3 Å². The lowest BCUT2D eigenvalue weighted by atomic mass is 10.0. The van der Waals surface area contributed by atoms with E-state index in [0.717, 1.165) is 44.9 Å². The Morgan fingerprint density at radius 3 is 0.902 bits per heavy atom. The minimum Gasteiger partial charge on any atom is -0.466 e. The van der Waals surface area contributed by atoms with Crippen LogP contribution in [0.4, 0.5) is 0 Å². The summed E-state index contributed by atoms with van der Waals surface area (Å²) in [4.78, 5) is 24.6. The van der Waals surface area contributed by atoms with Crippen molar-refractivity contribution in [2.24, 2.45) is 0 Å². The molecule has 0 aromatic rings. The molecule has 0 saturated heterocycles. The largest absolute Gasteiger partial charge is 0.466 e. The normalized spacial score (nSPS) is 12.6. The minimum atomic E-state index is -0.843. The van der Waals surface area contributed by atoms with Crippen molar-refractivity contribution in [2.75, 3.05) is 13.2 Å². The molecule has 0 aliphatic heterocycles. The van der Waals surface area contributed by atoms with Crippen molar-refractivity contribution in [3.05, 3.63) is 24.3 Å². The Hall–Kier alpha value is -1.66. The fourth-order valence-corrected chi connectivity index (χ4v) is 12.0. The number of aliphatic hydroxyl groups is 2. The van der Waals surface area contributed by atoms with Crippen LogP contribution in [0.15, 0.2) is 24.3 Å². The van der Waals surface area contributed by atoms with Crippen molar-refractivity contribution < 1.29 is 24.5 Å². The average Bonchev–Trinajstić information content (AvgIpc) is 3.48. The molecule has 0 fully saturated rings. The number of amides is 1. The molecule has 1 amide bonds. The maximum atomic E-state index is 12.5. The summed E-state index contributed by atoms with van der Waals surface area (Å²) in [6.45, 7) is 4.91. The number of unbranched alkanes of at least 4 members (excludes halogenated alkanes) is 58. The Labute approximate surface area is 513 Å². The molecule has 6 nitrogen and oxygen atoms in total. The van der Waals surface area contributed by atoms with Crippen LogP contribution in [0.3, 0.4) is 0 Å². The van der Waals surface area contributed by atoms with Crippen LogP contribution in [0.5, 0.6) is 0 Å². The topological polar surface area (TPSA) is 95.9 Å². The number of nitrogens with one attached hydrogen (secondary N) is 1. The fourth-order valence-electron chi connectivity index (χ4n) is 12.0. The highest BCUT2D eigenvalue weighted by Gasteiger charge is 2.18. The highest BCUT2D eigenvalue weighted by molar-refractivity contribution is 5.76. The second-order valence-corrected chi connectivity index (χ2v) is 26.0. The maximum absolute atomic E-state index is 12.5. The molecule has 3 N–H and O–H groups in total. The second kappa shape index (κ2) is 71.8. The van der Waals surface area contributed by atoms with Crippen molar-refractivity contribution in [3.8, 4) is 0 Å². The van der Waals surface area contributed by atoms with Crippen LogP contribution < -0.4 is 5.32 Å². The zero-order valence-electron chi connectivity index (χ0n) is 55.8. The molecule has 0 aliphatic rings. The smallest absolute Gasteiger partial charge is 0.305 e. The van der Waals surface area contributed by atoms with Crippen molar-refractivity contribution >= 4 is 11.9 Å². The van der Waals surface area contributed by atoms with E-state index in [0.29, 0.717) is 19.4 Å². The highest BCUT2D eigenvalue weighted by atomic mass is 16.5. The molecule has 0 heterocycles. The van der Waals surface area contributed by atoms with Gasteiger partial charge in [0.2, 0.25) is 5.91 Å². The van der Waals surface area contributed by atoms with E-state index >= 15 is 0 Å². The quantitative estimate of drug-likeness (QED) is 0.0320. The Morgan fingerprint density at radius 1 is 0.329 bits per heavy atom. The number of esters is 1. The van der Waals surface area contributed by atoms with Gasteiger partial charge in [0, 0.05) is 12.8 Å². The molecule has 0 spiro atoms. The second-order valence-electron chi connectivity index (χ2n) is 26.0. The van der Waals surface area contributed by atoms with Gasteiger partial charge in [0.05, 0.1) is 25.4 Å². The predicted molar refractivity (Wildman–Crippen MR) is 361 cm³/mol. The number of carbonyl (C=O) groups is 2. The van der Waals surface area contributed by atoms with Gasteiger partial charge in [-0.25, -0.2) is 0 Å². The highest BCUT2D eigenvalue weighted by Crippen LogP contribution is 2.20. The van der Waals surface area contributed by atoms with E-state index < -0.39 is 12.1 Å². The molecule has 0 radical (unpaired) electrons. The number of hydrogen-bond acceptors (Lipinski definition) is 5. The lowest BCUT2D eigenvalue weighted by molar-refractivity contribution is -0.143. The summed E-state index contributed by atoms with van der Waals surface area (Å²) in [6, 6.07) is -0.626. The summed E-state index contributed by atoms with van der Waals surface area (Å²) in [7, 11) is 0. The SMILES string of the molecule is CCCC/C=C\CCCCCCCC(=O)OCCCCCCCCCCCCCCCCCCCCCCCCCCCCCCCCCC(=O)NC(CO)C(O)/C=C/CCCCCCCCCCCCCCCCCCCCCCC. The van der Waals surface area contributed by atoms with Gasteiger partial charge >= 0.3 is 5.97 Å². The molecule has 0 saturated carbocycles. The molecule has 2 unspecified atom stereocenters. The van der Waals surface area contributed by atoms with Gasteiger partial charge in [-0.1, -0.05) is 385 Å². The molecule has 486 valence electrons. The van der Waals surface area contributed by atoms with Crippen molar-refractivity contribution in [1.29, 1.82) is 0 Å². The van der Waals surface area contributed by atoms with Crippen LogP contribution in [0.25, 0.3) is 0 Å². The van der Waals surface area contributed by atoms with Crippen LogP contribution in [-0.4, -0.2) is 47.4 Å². The summed E-state index contributed by atoms with van der Waals surface area (Å²) in [5.41, 5.74) is 0. The Morgan fingerprint density at radius 2 is 0.585 bits per heavy atom. The first-order chi connectivity index (χ1) is 40.5. The fraction of sp³-hybridized carbons (Fsp3) is 0.921. The van der Waals surface area contributed by atoms with Crippen molar-refractivity contribution in [1.82, 2.24) is 5.32 Å². The standard InChI is InChI=1S/C76H147NO5/c1-3-5-7-9-11-13-15-16-17-18-19-20-30-33-36-39-42-45-49-52-56-60-64-68-74(79)73(72-78)77-75(80)69-65-61-57-53-50-46-43-40-37-34-31-28-26-24-22-21-23-25-27-29-32-35-38-41-44-47-51-55-59-63-67-71-82-76(81)70-66-62-58-54-48-14-12-10-8-6-4-2/h10,12,64,68,73-74,78-79H,3-9,11,13-63,65-67,69-72H2,1-2H3,(H,77,80)/b12-10-,68-64+. The van der Waals surface area contributed by atoms with E-state index in [1.54, 1.807) is 6.08 Å². The predicted octanol–water partition coefficient (Wildman–Crippen LogP) is 24.5. The third kappa shape index (κ3) is 67.5. The van der Waals surface area contributed by atoms with Crippen molar-refractivity contribution in [2.45, 2.75) is 437 Å². The van der Waals surface area contributed by atoms with E-state index in [-0.39, 0.29) is 18.5 Å².